The molecule has 0 saturated heterocycles. The van der Waals surface area contributed by atoms with E-state index in [9.17, 15) is 10.1 Å². The van der Waals surface area contributed by atoms with E-state index >= 15 is 0 Å². The molecule has 0 spiro atoms. The Labute approximate surface area is 192 Å². The zero-order chi connectivity index (χ0) is 23.1. The van der Waals surface area contributed by atoms with Gasteiger partial charge in [0.15, 0.2) is 11.0 Å². The van der Waals surface area contributed by atoms with Crippen molar-refractivity contribution in [3.8, 4) is 17.5 Å². The van der Waals surface area contributed by atoms with Gasteiger partial charge in [0, 0.05) is 5.69 Å². The van der Waals surface area contributed by atoms with Gasteiger partial charge in [0.25, 0.3) is 0 Å². The molecule has 1 aromatic heterocycles. The van der Waals surface area contributed by atoms with Crippen LogP contribution in [0, 0.1) is 24.2 Å². The lowest BCUT2D eigenvalue weighted by Crippen LogP contribution is -2.49. The molecule has 2 aromatic carbocycles. The Morgan fingerprint density at radius 3 is 2.53 bits per heavy atom. The quantitative estimate of drug-likeness (QED) is 0.490. The van der Waals surface area contributed by atoms with Crippen molar-refractivity contribution in [2.45, 2.75) is 45.0 Å². The number of aromatic nitrogens is 3. The zero-order valence-corrected chi connectivity index (χ0v) is 19.5. The average Bonchev–Trinajstić information content (AvgIpc) is 3.20. The summed E-state index contributed by atoms with van der Waals surface area (Å²) in [4.78, 5) is 12.5. The maximum atomic E-state index is 12.5. The highest BCUT2D eigenvalue weighted by Crippen LogP contribution is 2.24. The van der Waals surface area contributed by atoms with Gasteiger partial charge in [0.2, 0.25) is 5.91 Å². The molecule has 1 amide bonds. The first-order valence-corrected chi connectivity index (χ1v) is 11.4. The normalized spacial score (nSPS) is 12.8. The summed E-state index contributed by atoms with van der Waals surface area (Å²) in [5.41, 5.74) is 1.00. The van der Waals surface area contributed by atoms with Gasteiger partial charge < -0.3 is 10.1 Å². The number of nitriles is 1. The molecule has 1 atom stereocenters. The van der Waals surface area contributed by atoms with E-state index in [4.69, 9.17) is 4.74 Å². The summed E-state index contributed by atoms with van der Waals surface area (Å²) < 4.78 is 7.87. The third-order valence-electron chi connectivity index (χ3n) is 5.28. The Bertz CT molecular complexity index is 1110. The maximum absolute atomic E-state index is 12.5. The minimum atomic E-state index is -0.919. The van der Waals surface area contributed by atoms with Gasteiger partial charge in [-0.3, -0.25) is 9.36 Å². The number of hydrogen-bond acceptors (Lipinski definition) is 6. The minimum Gasteiger partial charge on any atom is -0.485 e. The van der Waals surface area contributed by atoms with Crippen molar-refractivity contribution in [3.63, 3.8) is 0 Å². The fraction of sp³-hybridized carbons (Fsp3) is 0.333. The molecule has 0 aliphatic carbocycles. The molecule has 3 rings (SSSR count). The van der Waals surface area contributed by atoms with E-state index in [0.29, 0.717) is 11.0 Å². The highest BCUT2D eigenvalue weighted by molar-refractivity contribution is 7.99. The van der Waals surface area contributed by atoms with Crippen LogP contribution in [-0.4, -0.2) is 32.0 Å². The predicted molar refractivity (Wildman–Crippen MR) is 125 cm³/mol. The number of benzene rings is 2. The molecule has 0 bridgehead atoms. The number of ether oxygens (including phenoxy) is 1. The fourth-order valence-electron chi connectivity index (χ4n) is 2.94. The van der Waals surface area contributed by atoms with E-state index in [1.165, 1.54) is 11.8 Å². The molecule has 1 unspecified atom stereocenters. The maximum Gasteiger partial charge on any atom is 0.231 e. The first-order chi connectivity index (χ1) is 15.3. The summed E-state index contributed by atoms with van der Waals surface area (Å²) in [5.74, 6) is 1.29. The molecule has 8 heteroatoms. The number of para-hydroxylation sites is 2. The van der Waals surface area contributed by atoms with Crippen LogP contribution < -0.4 is 10.1 Å². The Morgan fingerprint density at radius 2 is 1.88 bits per heavy atom. The van der Waals surface area contributed by atoms with Crippen LogP contribution in [0.1, 0.15) is 32.2 Å². The second-order valence-corrected chi connectivity index (χ2v) is 8.87. The molecule has 7 nitrogen and oxygen atoms in total. The van der Waals surface area contributed by atoms with Crippen molar-refractivity contribution < 1.29 is 9.53 Å². The fourth-order valence-corrected chi connectivity index (χ4v) is 3.71. The van der Waals surface area contributed by atoms with Crippen LogP contribution in [0.5, 0.6) is 5.75 Å². The molecule has 3 aromatic rings. The highest BCUT2D eigenvalue weighted by atomic mass is 32.2. The molecule has 1 N–H and O–H groups in total. The SMILES string of the molecule is Cc1ccccc1OCc1nnc(SCC(=O)NC(C)(C#N)C(C)C)n1-c1ccccc1. The molecule has 0 fully saturated rings. The second kappa shape index (κ2) is 10.3. The van der Waals surface area contributed by atoms with Crippen LogP contribution in [-0.2, 0) is 11.4 Å². The lowest BCUT2D eigenvalue weighted by atomic mass is 9.90. The average molecular weight is 450 g/mol. The van der Waals surface area contributed by atoms with Gasteiger partial charge in [-0.05, 0) is 43.5 Å². The smallest absolute Gasteiger partial charge is 0.231 e. The van der Waals surface area contributed by atoms with Gasteiger partial charge in [0.05, 0.1) is 11.8 Å². The number of hydrogen-bond donors (Lipinski definition) is 1. The van der Waals surface area contributed by atoms with Crippen LogP contribution >= 0.6 is 11.8 Å². The molecular formula is C24H27N5O2S. The first kappa shape index (κ1) is 23.4. The van der Waals surface area contributed by atoms with Crippen molar-refractivity contribution in [3.05, 3.63) is 66.0 Å². The van der Waals surface area contributed by atoms with E-state index < -0.39 is 5.54 Å². The number of nitrogens with zero attached hydrogens (tertiary/aromatic N) is 4. The molecule has 0 saturated carbocycles. The van der Waals surface area contributed by atoms with Gasteiger partial charge in [-0.1, -0.05) is 62.0 Å². The Kier molecular flexibility index (Phi) is 7.54. The van der Waals surface area contributed by atoms with Gasteiger partial charge >= 0.3 is 0 Å². The second-order valence-electron chi connectivity index (χ2n) is 7.93. The summed E-state index contributed by atoms with van der Waals surface area (Å²) >= 11 is 1.27. The molecular weight excluding hydrogens is 422 g/mol. The number of carbonyl (C=O) groups is 1. The number of thioether (sulfide) groups is 1. The number of amides is 1. The van der Waals surface area contributed by atoms with Crippen LogP contribution in [0.2, 0.25) is 0 Å². The van der Waals surface area contributed by atoms with Crippen molar-refractivity contribution in [1.82, 2.24) is 20.1 Å². The van der Waals surface area contributed by atoms with Crippen LogP contribution in [0.3, 0.4) is 0 Å². The molecule has 0 aliphatic rings. The molecule has 0 radical (unpaired) electrons. The first-order valence-electron chi connectivity index (χ1n) is 10.4. The van der Waals surface area contributed by atoms with E-state index in [1.807, 2.05) is 79.9 Å². The molecule has 32 heavy (non-hydrogen) atoms. The minimum absolute atomic E-state index is 0.0142. The van der Waals surface area contributed by atoms with Gasteiger partial charge in [-0.15, -0.1) is 10.2 Å². The Balaban J connectivity index is 1.78. The van der Waals surface area contributed by atoms with Gasteiger partial charge in [-0.2, -0.15) is 5.26 Å². The van der Waals surface area contributed by atoms with Crippen LogP contribution in [0.4, 0.5) is 0 Å². The van der Waals surface area contributed by atoms with Crippen LogP contribution in [0.25, 0.3) is 5.69 Å². The standard InChI is InChI=1S/C24H27N5O2S/c1-17(2)24(4,16-25)26-22(30)15-32-23-28-27-21(29(23)19-11-6-5-7-12-19)14-31-20-13-9-8-10-18(20)3/h5-13,17H,14-15H2,1-4H3,(H,26,30). The topological polar surface area (TPSA) is 92.8 Å². The molecule has 1 heterocycles. The van der Waals surface area contributed by atoms with E-state index in [-0.39, 0.29) is 24.2 Å². The van der Waals surface area contributed by atoms with E-state index in [2.05, 4.69) is 21.6 Å². The summed E-state index contributed by atoms with van der Waals surface area (Å²) in [7, 11) is 0. The van der Waals surface area contributed by atoms with E-state index in [1.54, 1.807) is 6.92 Å². The summed E-state index contributed by atoms with van der Waals surface area (Å²) in [6.45, 7) is 7.77. The largest absolute Gasteiger partial charge is 0.485 e. The summed E-state index contributed by atoms with van der Waals surface area (Å²) in [6, 6.07) is 19.7. The lowest BCUT2D eigenvalue weighted by Gasteiger charge is -2.27. The number of carbonyl (C=O) groups excluding carboxylic acids is 1. The Hall–Kier alpha value is -3.31. The number of aryl methyl sites for hydroxylation is 1. The summed E-state index contributed by atoms with van der Waals surface area (Å²) in [6.07, 6.45) is 0. The van der Waals surface area contributed by atoms with Gasteiger partial charge in [0.1, 0.15) is 17.9 Å². The number of rotatable bonds is 9. The molecule has 0 aliphatic heterocycles. The van der Waals surface area contributed by atoms with Crippen molar-refractivity contribution in [2.75, 3.05) is 5.75 Å². The Morgan fingerprint density at radius 1 is 1.19 bits per heavy atom. The van der Waals surface area contributed by atoms with E-state index in [0.717, 1.165) is 17.0 Å². The summed E-state index contributed by atoms with van der Waals surface area (Å²) in [5, 5.41) is 21.5. The lowest BCUT2D eigenvalue weighted by molar-refractivity contribution is -0.120. The molecule has 166 valence electrons. The van der Waals surface area contributed by atoms with Crippen LogP contribution in [0.15, 0.2) is 59.8 Å². The third kappa shape index (κ3) is 5.48. The highest BCUT2D eigenvalue weighted by Gasteiger charge is 2.30. The van der Waals surface area contributed by atoms with Gasteiger partial charge in [-0.25, -0.2) is 0 Å². The zero-order valence-electron chi connectivity index (χ0n) is 18.7. The monoisotopic (exact) mass is 449 g/mol. The predicted octanol–water partition coefficient (Wildman–Crippen LogP) is 4.30. The van der Waals surface area contributed by atoms with Crippen molar-refractivity contribution >= 4 is 17.7 Å². The third-order valence-corrected chi connectivity index (χ3v) is 6.21. The van der Waals surface area contributed by atoms with Crippen molar-refractivity contribution in [2.24, 2.45) is 5.92 Å². The number of nitrogens with one attached hydrogen (secondary N) is 1. The van der Waals surface area contributed by atoms with Crippen molar-refractivity contribution in [1.29, 1.82) is 5.26 Å².